The van der Waals surface area contributed by atoms with Gasteiger partial charge in [-0.1, -0.05) is 0 Å². The molecule has 0 aliphatic carbocycles. The molecule has 2 aromatic rings. The van der Waals surface area contributed by atoms with Crippen molar-refractivity contribution >= 4 is 5.95 Å². The SMILES string of the molecule is COc1nc(OC)nc(N2CC[C@H](c3nccc(C)n3)C2)n1. The van der Waals surface area contributed by atoms with Crippen LogP contribution in [0.5, 0.6) is 12.0 Å². The molecule has 3 heterocycles. The van der Waals surface area contributed by atoms with E-state index in [1.807, 2.05) is 13.0 Å². The summed E-state index contributed by atoms with van der Waals surface area (Å²) in [5, 5.41) is 0. The lowest BCUT2D eigenvalue weighted by Crippen LogP contribution is -2.23. The second-order valence-corrected chi connectivity index (χ2v) is 5.10. The molecular formula is C14H18N6O2. The summed E-state index contributed by atoms with van der Waals surface area (Å²) in [6, 6.07) is 2.40. The summed E-state index contributed by atoms with van der Waals surface area (Å²) in [7, 11) is 3.04. The Bertz CT molecular complexity index is 643. The van der Waals surface area contributed by atoms with Gasteiger partial charge in [-0.15, -0.1) is 4.98 Å². The van der Waals surface area contributed by atoms with Gasteiger partial charge in [-0.25, -0.2) is 9.97 Å². The zero-order valence-corrected chi connectivity index (χ0v) is 12.9. The average Bonchev–Trinajstić information content (AvgIpc) is 3.04. The fraction of sp³-hybridized carbons (Fsp3) is 0.500. The fourth-order valence-electron chi connectivity index (χ4n) is 2.47. The van der Waals surface area contributed by atoms with Crippen LogP contribution < -0.4 is 14.4 Å². The smallest absolute Gasteiger partial charge is 0.324 e. The Balaban J connectivity index is 1.80. The van der Waals surface area contributed by atoms with Gasteiger partial charge in [0, 0.05) is 30.9 Å². The first-order valence-electron chi connectivity index (χ1n) is 7.08. The van der Waals surface area contributed by atoms with E-state index in [9.17, 15) is 0 Å². The number of nitrogens with zero attached hydrogens (tertiary/aromatic N) is 6. The standard InChI is InChI=1S/C14H18N6O2/c1-9-4-6-15-11(16-9)10-5-7-20(8-10)12-17-13(21-2)19-14(18-12)22-3/h4,6,10H,5,7-8H2,1-3H3/t10-/m0/s1. The molecule has 2 aromatic heterocycles. The van der Waals surface area contributed by atoms with Crippen LogP contribution in [0.3, 0.4) is 0 Å². The summed E-state index contributed by atoms with van der Waals surface area (Å²) in [4.78, 5) is 23.5. The number of hydrogen-bond donors (Lipinski definition) is 0. The van der Waals surface area contributed by atoms with E-state index < -0.39 is 0 Å². The molecule has 1 fully saturated rings. The topological polar surface area (TPSA) is 86.2 Å². The molecule has 8 nitrogen and oxygen atoms in total. The third kappa shape index (κ3) is 2.90. The molecule has 0 bridgehead atoms. The summed E-state index contributed by atoms with van der Waals surface area (Å²) in [6.07, 6.45) is 2.76. The van der Waals surface area contributed by atoms with Crippen LogP contribution >= 0.6 is 0 Å². The minimum atomic E-state index is 0.247. The summed E-state index contributed by atoms with van der Waals surface area (Å²) >= 11 is 0. The number of anilines is 1. The zero-order chi connectivity index (χ0) is 15.5. The summed E-state index contributed by atoms with van der Waals surface area (Å²) in [5.74, 6) is 1.70. The largest absolute Gasteiger partial charge is 0.467 e. The second-order valence-electron chi connectivity index (χ2n) is 5.10. The first kappa shape index (κ1) is 14.4. The van der Waals surface area contributed by atoms with E-state index in [2.05, 4.69) is 29.8 Å². The van der Waals surface area contributed by atoms with Crippen molar-refractivity contribution in [1.82, 2.24) is 24.9 Å². The monoisotopic (exact) mass is 302 g/mol. The van der Waals surface area contributed by atoms with Crippen LogP contribution in [0, 0.1) is 6.92 Å². The van der Waals surface area contributed by atoms with E-state index >= 15 is 0 Å². The number of rotatable bonds is 4. The minimum absolute atomic E-state index is 0.247. The maximum Gasteiger partial charge on any atom is 0.324 e. The van der Waals surface area contributed by atoms with Gasteiger partial charge in [-0.3, -0.25) is 0 Å². The Hall–Kier alpha value is -2.51. The highest BCUT2D eigenvalue weighted by Gasteiger charge is 2.28. The molecule has 1 aliphatic heterocycles. The van der Waals surface area contributed by atoms with Crippen molar-refractivity contribution in [2.45, 2.75) is 19.3 Å². The molecule has 8 heteroatoms. The predicted molar refractivity (Wildman–Crippen MR) is 79.3 cm³/mol. The molecule has 0 N–H and O–H groups in total. The Morgan fingerprint density at radius 2 is 1.82 bits per heavy atom. The predicted octanol–water partition coefficient (Wildman–Crippen LogP) is 0.981. The van der Waals surface area contributed by atoms with Crippen molar-refractivity contribution in [1.29, 1.82) is 0 Å². The molecule has 1 atom stereocenters. The van der Waals surface area contributed by atoms with Crippen LogP contribution in [0.15, 0.2) is 12.3 Å². The highest BCUT2D eigenvalue weighted by Crippen LogP contribution is 2.28. The molecule has 116 valence electrons. The Labute approximate surface area is 128 Å². The molecule has 3 rings (SSSR count). The number of methoxy groups -OCH3 is 2. The lowest BCUT2D eigenvalue weighted by Gasteiger charge is -2.16. The third-order valence-electron chi connectivity index (χ3n) is 3.60. The highest BCUT2D eigenvalue weighted by molar-refractivity contribution is 5.35. The Kier molecular flexibility index (Phi) is 3.99. The molecule has 1 saturated heterocycles. The van der Waals surface area contributed by atoms with E-state index in [0.29, 0.717) is 5.95 Å². The van der Waals surface area contributed by atoms with Crippen LogP contribution in [0.25, 0.3) is 0 Å². The Morgan fingerprint density at radius 3 is 2.45 bits per heavy atom. The molecule has 0 spiro atoms. The number of hydrogen-bond acceptors (Lipinski definition) is 8. The van der Waals surface area contributed by atoms with Crippen LogP contribution in [0.2, 0.25) is 0 Å². The van der Waals surface area contributed by atoms with Gasteiger partial charge in [-0.05, 0) is 19.4 Å². The molecule has 1 aliphatic rings. The van der Waals surface area contributed by atoms with Crippen molar-refractivity contribution in [2.24, 2.45) is 0 Å². The average molecular weight is 302 g/mol. The molecule has 0 radical (unpaired) electrons. The van der Waals surface area contributed by atoms with E-state index in [1.54, 1.807) is 6.20 Å². The lowest BCUT2D eigenvalue weighted by molar-refractivity contribution is 0.340. The maximum atomic E-state index is 5.09. The van der Waals surface area contributed by atoms with Gasteiger partial charge in [0.15, 0.2) is 0 Å². The van der Waals surface area contributed by atoms with E-state index in [-0.39, 0.29) is 17.9 Å². The quantitative estimate of drug-likeness (QED) is 0.826. The normalized spacial score (nSPS) is 17.6. The molecular weight excluding hydrogens is 284 g/mol. The van der Waals surface area contributed by atoms with Gasteiger partial charge in [0.1, 0.15) is 5.82 Å². The number of aromatic nitrogens is 5. The molecule has 22 heavy (non-hydrogen) atoms. The third-order valence-corrected chi connectivity index (χ3v) is 3.60. The van der Waals surface area contributed by atoms with Gasteiger partial charge in [-0.2, -0.15) is 9.97 Å². The van der Waals surface area contributed by atoms with Crippen molar-refractivity contribution in [3.05, 3.63) is 23.8 Å². The number of ether oxygens (including phenoxy) is 2. The fourth-order valence-corrected chi connectivity index (χ4v) is 2.47. The Morgan fingerprint density at radius 1 is 1.09 bits per heavy atom. The van der Waals surface area contributed by atoms with Gasteiger partial charge in [0.2, 0.25) is 5.95 Å². The summed E-state index contributed by atoms with van der Waals surface area (Å²) in [5.41, 5.74) is 0.979. The maximum absolute atomic E-state index is 5.09. The zero-order valence-electron chi connectivity index (χ0n) is 12.9. The van der Waals surface area contributed by atoms with Crippen LogP contribution in [-0.4, -0.2) is 52.2 Å². The lowest BCUT2D eigenvalue weighted by atomic mass is 10.1. The van der Waals surface area contributed by atoms with E-state index in [4.69, 9.17) is 9.47 Å². The van der Waals surface area contributed by atoms with Gasteiger partial charge in [0.05, 0.1) is 14.2 Å². The highest BCUT2D eigenvalue weighted by atomic mass is 16.5. The van der Waals surface area contributed by atoms with Gasteiger partial charge < -0.3 is 14.4 Å². The van der Waals surface area contributed by atoms with Crippen molar-refractivity contribution < 1.29 is 9.47 Å². The van der Waals surface area contributed by atoms with Gasteiger partial charge >= 0.3 is 12.0 Å². The van der Waals surface area contributed by atoms with Crippen molar-refractivity contribution in [2.75, 3.05) is 32.2 Å². The van der Waals surface area contributed by atoms with Crippen LogP contribution in [0.4, 0.5) is 5.95 Å². The number of aryl methyl sites for hydroxylation is 1. The van der Waals surface area contributed by atoms with Crippen LogP contribution in [-0.2, 0) is 0 Å². The molecule has 0 unspecified atom stereocenters. The molecule has 0 aromatic carbocycles. The van der Waals surface area contributed by atoms with Crippen LogP contribution in [0.1, 0.15) is 23.9 Å². The van der Waals surface area contributed by atoms with Crippen molar-refractivity contribution in [3.8, 4) is 12.0 Å². The molecule has 0 amide bonds. The van der Waals surface area contributed by atoms with Gasteiger partial charge in [0.25, 0.3) is 0 Å². The summed E-state index contributed by atoms with van der Waals surface area (Å²) in [6.45, 7) is 3.57. The second kappa shape index (κ2) is 6.08. The first-order valence-corrected chi connectivity index (χ1v) is 7.08. The van der Waals surface area contributed by atoms with Crippen molar-refractivity contribution in [3.63, 3.8) is 0 Å². The summed E-state index contributed by atoms with van der Waals surface area (Å²) < 4.78 is 10.2. The first-order chi connectivity index (χ1) is 10.7. The van der Waals surface area contributed by atoms with E-state index in [0.717, 1.165) is 31.0 Å². The minimum Gasteiger partial charge on any atom is -0.467 e. The van der Waals surface area contributed by atoms with E-state index in [1.165, 1.54) is 14.2 Å². The molecule has 0 saturated carbocycles.